The smallest absolute Gasteiger partial charge is 0.239 e. The van der Waals surface area contributed by atoms with Gasteiger partial charge in [0.1, 0.15) is 0 Å². The van der Waals surface area contributed by atoms with E-state index in [1.54, 1.807) is 23.9 Å². The van der Waals surface area contributed by atoms with E-state index in [1.165, 1.54) is 0 Å². The van der Waals surface area contributed by atoms with Crippen molar-refractivity contribution in [3.05, 3.63) is 35.9 Å². The molecule has 1 heterocycles. The zero-order chi connectivity index (χ0) is 16.1. The quantitative estimate of drug-likeness (QED) is 0.898. The number of nitrogens with two attached hydrogens (primary N) is 1. The molecule has 2 amide bonds. The molecule has 0 saturated carbocycles. The van der Waals surface area contributed by atoms with Gasteiger partial charge in [-0.2, -0.15) is 0 Å². The lowest BCUT2D eigenvalue weighted by atomic mass is 9.94. The van der Waals surface area contributed by atoms with Gasteiger partial charge in [-0.3, -0.25) is 9.59 Å². The van der Waals surface area contributed by atoms with Gasteiger partial charge in [0.2, 0.25) is 11.8 Å². The Morgan fingerprint density at radius 2 is 1.82 bits per heavy atom. The van der Waals surface area contributed by atoms with Gasteiger partial charge in [-0.1, -0.05) is 30.3 Å². The third kappa shape index (κ3) is 4.07. The van der Waals surface area contributed by atoms with Gasteiger partial charge in [0.15, 0.2) is 0 Å². The second kappa shape index (κ2) is 7.40. The Kier molecular flexibility index (Phi) is 5.55. The second-order valence-corrected chi connectivity index (χ2v) is 6.13. The average molecular weight is 303 g/mol. The van der Waals surface area contributed by atoms with Crippen LogP contribution < -0.4 is 5.73 Å². The molecule has 0 aromatic heterocycles. The first-order chi connectivity index (χ1) is 10.5. The van der Waals surface area contributed by atoms with Crippen LogP contribution in [0.4, 0.5) is 0 Å². The Balaban J connectivity index is 1.85. The van der Waals surface area contributed by atoms with Crippen molar-refractivity contribution >= 4 is 11.8 Å². The van der Waals surface area contributed by atoms with Crippen LogP contribution in [0.15, 0.2) is 30.3 Å². The van der Waals surface area contributed by atoms with Gasteiger partial charge in [-0.25, -0.2) is 0 Å². The van der Waals surface area contributed by atoms with Crippen molar-refractivity contribution in [2.24, 2.45) is 11.7 Å². The van der Waals surface area contributed by atoms with Crippen LogP contribution in [-0.2, 0) is 16.0 Å². The minimum atomic E-state index is -0.511. The van der Waals surface area contributed by atoms with Crippen molar-refractivity contribution in [1.29, 1.82) is 0 Å². The van der Waals surface area contributed by atoms with Crippen LogP contribution in [0.1, 0.15) is 18.4 Å². The maximum absolute atomic E-state index is 12.4. The largest absolute Gasteiger partial charge is 0.349 e. The third-order valence-electron chi connectivity index (χ3n) is 4.21. The maximum atomic E-state index is 12.4. The number of rotatable bonds is 4. The van der Waals surface area contributed by atoms with E-state index in [9.17, 15) is 9.59 Å². The standard InChI is InChI=1S/C17H25N3O2/c1-19(2)16(21)14-8-10-20(11-9-14)17(22)15(18)12-13-6-4-3-5-7-13/h3-7,14-15H,8-12,18H2,1-2H3/t15-/m0/s1. The normalized spacial score (nSPS) is 17.1. The average Bonchev–Trinajstić information content (AvgIpc) is 2.54. The predicted octanol–water partition coefficient (Wildman–Crippen LogP) is 0.883. The molecular weight excluding hydrogens is 278 g/mol. The highest BCUT2D eigenvalue weighted by atomic mass is 16.2. The summed E-state index contributed by atoms with van der Waals surface area (Å²) in [6.07, 6.45) is 2.00. The first-order valence-electron chi connectivity index (χ1n) is 7.78. The summed E-state index contributed by atoms with van der Waals surface area (Å²) in [6.45, 7) is 1.23. The molecule has 0 spiro atoms. The number of carbonyl (C=O) groups excluding carboxylic acids is 2. The number of piperidine rings is 1. The molecular formula is C17H25N3O2. The summed E-state index contributed by atoms with van der Waals surface area (Å²) in [5.41, 5.74) is 7.13. The van der Waals surface area contributed by atoms with Crippen molar-refractivity contribution in [2.75, 3.05) is 27.2 Å². The highest BCUT2D eigenvalue weighted by molar-refractivity contribution is 5.83. The molecule has 22 heavy (non-hydrogen) atoms. The minimum absolute atomic E-state index is 0.0143. The van der Waals surface area contributed by atoms with E-state index in [4.69, 9.17) is 5.73 Å². The lowest BCUT2D eigenvalue weighted by molar-refractivity contribution is -0.139. The highest BCUT2D eigenvalue weighted by Crippen LogP contribution is 2.19. The van der Waals surface area contributed by atoms with Crippen molar-refractivity contribution in [3.8, 4) is 0 Å². The van der Waals surface area contributed by atoms with Gasteiger partial charge >= 0.3 is 0 Å². The summed E-state index contributed by atoms with van der Waals surface area (Å²) >= 11 is 0. The number of amides is 2. The number of carbonyl (C=O) groups is 2. The fraction of sp³-hybridized carbons (Fsp3) is 0.529. The summed E-state index contributed by atoms with van der Waals surface area (Å²) in [6, 6.07) is 9.30. The lowest BCUT2D eigenvalue weighted by Gasteiger charge is -2.33. The van der Waals surface area contributed by atoms with Crippen LogP contribution in [0.25, 0.3) is 0 Å². The monoisotopic (exact) mass is 303 g/mol. The topological polar surface area (TPSA) is 66.6 Å². The van der Waals surface area contributed by atoms with E-state index in [-0.39, 0.29) is 17.7 Å². The van der Waals surface area contributed by atoms with E-state index in [1.807, 2.05) is 30.3 Å². The molecule has 5 nitrogen and oxygen atoms in total. The Bertz CT molecular complexity index is 508. The molecule has 1 aromatic rings. The van der Waals surface area contributed by atoms with E-state index >= 15 is 0 Å². The minimum Gasteiger partial charge on any atom is -0.349 e. The lowest BCUT2D eigenvalue weighted by Crippen LogP contribution is -2.49. The second-order valence-electron chi connectivity index (χ2n) is 6.13. The van der Waals surface area contributed by atoms with Crippen molar-refractivity contribution < 1.29 is 9.59 Å². The van der Waals surface area contributed by atoms with Crippen LogP contribution >= 0.6 is 0 Å². The summed E-state index contributed by atoms with van der Waals surface area (Å²) in [5.74, 6) is 0.171. The molecule has 1 aliphatic heterocycles. The third-order valence-corrected chi connectivity index (χ3v) is 4.21. The molecule has 2 N–H and O–H groups in total. The van der Waals surface area contributed by atoms with Gasteiger partial charge in [-0.15, -0.1) is 0 Å². The van der Waals surface area contributed by atoms with Gasteiger partial charge in [0, 0.05) is 33.1 Å². The summed E-state index contributed by atoms with van der Waals surface area (Å²) in [5, 5.41) is 0. The fourth-order valence-electron chi connectivity index (χ4n) is 2.90. The van der Waals surface area contributed by atoms with Gasteiger partial charge in [0.25, 0.3) is 0 Å². The molecule has 0 aliphatic carbocycles. The van der Waals surface area contributed by atoms with Crippen LogP contribution in [0, 0.1) is 5.92 Å². The SMILES string of the molecule is CN(C)C(=O)C1CCN(C(=O)[C@@H](N)Cc2ccccc2)CC1. The number of hydrogen-bond donors (Lipinski definition) is 1. The fourth-order valence-corrected chi connectivity index (χ4v) is 2.90. The molecule has 1 fully saturated rings. The van der Waals surface area contributed by atoms with Gasteiger partial charge < -0.3 is 15.5 Å². The van der Waals surface area contributed by atoms with Gasteiger partial charge in [0.05, 0.1) is 6.04 Å². The Morgan fingerprint density at radius 1 is 1.23 bits per heavy atom. The van der Waals surface area contributed by atoms with E-state index in [2.05, 4.69) is 0 Å². The van der Waals surface area contributed by atoms with Gasteiger partial charge in [-0.05, 0) is 24.8 Å². The molecule has 1 atom stereocenters. The molecule has 1 saturated heterocycles. The Morgan fingerprint density at radius 3 is 2.36 bits per heavy atom. The van der Waals surface area contributed by atoms with Crippen LogP contribution in [0.3, 0.4) is 0 Å². The van der Waals surface area contributed by atoms with Crippen LogP contribution in [0.5, 0.6) is 0 Å². The van der Waals surface area contributed by atoms with Crippen molar-refractivity contribution in [3.63, 3.8) is 0 Å². The zero-order valence-electron chi connectivity index (χ0n) is 13.4. The number of hydrogen-bond acceptors (Lipinski definition) is 3. The molecule has 0 bridgehead atoms. The summed E-state index contributed by atoms with van der Waals surface area (Å²) in [4.78, 5) is 27.8. The van der Waals surface area contributed by atoms with E-state index in [0.29, 0.717) is 19.5 Å². The Labute approximate surface area is 132 Å². The molecule has 5 heteroatoms. The molecule has 1 aliphatic rings. The van der Waals surface area contributed by atoms with E-state index in [0.717, 1.165) is 18.4 Å². The first kappa shape index (κ1) is 16.5. The molecule has 0 unspecified atom stereocenters. The Hall–Kier alpha value is -1.88. The highest BCUT2D eigenvalue weighted by Gasteiger charge is 2.30. The van der Waals surface area contributed by atoms with Crippen LogP contribution in [0.2, 0.25) is 0 Å². The summed E-state index contributed by atoms with van der Waals surface area (Å²) in [7, 11) is 3.55. The number of likely N-dealkylation sites (tertiary alicyclic amines) is 1. The molecule has 120 valence electrons. The van der Waals surface area contributed by atoms with Crippen molar-refractivity contribution in [2.45, 2.75) is 25.3 Å². The van der Waals surface area contributed by atoms with Crippen molar-refractivity contribution in [1.82, 2.24) is 9.80 Å². The van der Waals surface area contributed by atoms with Crippen LogP contribution in [-0.4, -0.2) is 54.8 Å². The number of benzene rings is 1. The number of nitrogens with zero attached hydrogens (tertiary/aromatic N) is 2. The van der Waals surface area contributed by atoms with E-state index < -0.39 is 6.04 Å². The summed E-state index contributed by atoms with van der Waals surface area (Å²) < 4.78 is 0. The first-order valence-corrected chi connectivity index (χ1v) is 7.78. The molecule has 2 rings (SSSR count). The zero-order valence-corrected chi connectivity index (χ0v) is 13.4. The predicted molar refractivity (Wildman–Crippen MR) is 86.1 cm³/mol. The maximum Gasteiger partial charge on any atom is 0.239 e. The molecule has 1 aromatic carbocycles. The molecule has 0 radical (unpaired) electrons.